The van der Waals surface area contributed by atoms with Crippen LogP contribution in [0.15, 0.2) is 6.07 Å². The van der Waals surface area contributed by atoms with E-state index in [1.807, 2.05) is 33.8 Å². The van der Waals surface area contributed by atoms with Gasteiger partial charge in [0.15, 0.2) is 5.82 Å². The van der Waals surface area contributed by atoms with Crippen LogP contribution in [0.2, 0.25) is 0 Å². The molecule has 5 heteroatoms. The number of aromatic nitrogens is 2. The van der Waals surface area contributed by atoms with Gasteiger partial charge in [-0.05, 0) is 11.8 Å². The molecule has 0 bridgehead atoms. The first kappa shape index (κ1) is 12.7. The van der Waals surface area contributed by atoms with Crippen molar-refractivity contribution in [3.05, 3.63) is 11.8 Å². The monoisotopic (exact) mass is 224 g/mol. The van der Waals surface area contributed by atoms with Crippen LogP contribution in [0.3, 0.4) is 0 Å². The maximum atomic E-state index is 11.8. The molecule has 1 amide bonds. The number of nitrogens with zero attached hydrogens (tertiary/aromatic N) is 1. The van der Waals surface area contributed by atoms with E-state index in [4.69, 9.17) is 5.73 Å². The van der Waals surface area contributed by atoms with Crippen molar-refractivity contribution in [2.75, 3.05) is 5.32 Å². The molecule has 0 fully saturated rings. The van der Waals surface area contributed by atoms with Gasteiger partial charge in [0.25, 0.3) is 0 Å². The fourth-order valence-electron chi connectivity index (χ4n) is 1.20. The number of aryl methyl sites for hydroxylation is 1. The Bertz CT molecular complexity index is 364. The van der Waals surface area contributed by atoms with Crippen LogP contribution in [0.25, 0.3) is 0 Å². The zero-order valence-corrected chi connectivity index (χ0v) is 10.3. The molecule has 0 aliphatic rings. The molecular weight excluding hydrogens is 204 g/mol. The number of hydrogen-bond donors (Lipinski definition) is 3. The first-order valence-electron chi connectivity index (χ1n) is 5.45. The molecule has 1 rings (SSSR count). The number of anilines is 1. The van der Waals surface area contributed by atoms with Crippen molar-refractivity contribution in [1.82, 2.24) is 10.2 Å². The van der Waals surface area contributed by atoms with Crippen molar-refractivity contribution in [2.24, 2.45) is 11.1 Å². The standard InChI is InChI=1S/C11H20N4O/c1-5-7-6-8(15-14-7)13-10(16)9(12)11(2,3)4/h6,9H,5,12H2,1-4H3,(H2,13,14,15,16). The van der Waals surface area contributed by atoms with Gasteiger partial charge in [0, 0.05) is 11.8 Å². The SMILES string of the molecule is CCc1cc(NC(=O)C(N)C(C)(C)C)n[nH]1. The summed E-state index contributed by atoms with van der Waals surface area (Å²) >= 11 is 0. The van der Waals surface area contributed by atoms with Crippen molar-refractivity contribution in [2.45, 2.75) is 40.2 Å². The predicted molar refractivity (Wildman–Crippen MR) is 64.0 cm³/mol. The third kappa shape index (κ3) is 3.06. The summed E-state index contributed by atoms with van der Waals surface area (Å²) in [7, 11) is 0. The van der Waals surface area contributed by atoms with E-state index >= 15 is 0 Å². The summed E-state index contributed by atoms with van der Waals surface area (Å²) < 4.78 is 0. The minimum absolute atomic E-state index is 0.207. The summed E-state index contributed by atoms with van der Waals surface area (Å²) in [6, 6.07) is 1.27. The van der Waals surface area contributed by atoms with Gasteiger partial charge < -0.3 is 11.1 Å². The van der Waals surface area contributed by atoms with E-state index in [0.717, 1.165) is 12.1 Å². The Morgan fingerprint density at radius 3 is 2.69 bits per heavy atom. The zero-order valence-electron chi connectivity index (χ0n) is 10.3. The second-order valence-electron chi connectivity index (χ2n) is 4.96. The third-order valence-electron chi connectivity index (χ3n) is 2.48. The van der Waals surface area contributed by atoms with E-state index in [1.165, 1.54) is 0 Å². The Kier molecular flexibility index (Phi) is 3.70. The molecule has 0 aliphatic carbocycles. The quantitative estimate of drug-likeness (QED) is 0.723. The Morgan fingerprint density at radius 1 is 1.62 bits per heavy atom. The first-order chi connectivity index (χ1) is 7.34. The minimum atomic E-state index is -0.547. The molecule has 1 aromatic rings. The fraction of sp³-hybridized carbons (Fsp3) is 0.636. The molecular formula is C11H20N4O. The lowest BCUT2D eigenvalue weighted by molar-refractivity contribution is -0.119. The Hall–Kier alpha value is -1.36. The number of nitrogens with one attached hydrogen (secondary N) is 2. The molecule has 5 nitrogen and oxygen atoms in total. The van der Waals surface area contributed by atoms with Crippen LogP contribution in [0, 0.1) is 5.41 Å². The van der Waals surface area contributed by atoms with Crippen molar-refractivity contribution in [3.63, 3.8) is 0 Å². The predicted octanol–water partition coefficient (Wildman–Crippen LogP) is 1.28. The van der Waals surface area contributed by atoms with Crippen LogP contribution in [0.4, 0.5) is 5.82 Å². The van der Waals surface area contributed by atoms with E-state index in [-0.39, 0.29) is 11.3 Å². The number of H-pyrrole nitrogens is 1. The summed E-state index contributed by atoms with van der Waals surface area (Å²) in [5.74, 6) is 0.322. The smallest absolute Gasteiger partial charge is 0.243 e. The molecule has 0 saturated carbocycles. The third-order valence-corrected chi connectivity index (χ3v) is 2.48. The lowest BCUT2D eigenvalue weighted by atomic mass is 9.87. The molecule has 1 unspecified atom stereocenters. The van der Waals surface area contributed by atoms with Gasteiger partial charge in [0.2, 0.25) is 5.91 Å². The summed E-state index contributed by atoms with van der Waals surface area (Å²) in [6.07, 6.45) is 0.855. The molecule has 1 heterocycles. The number of hydrogen-bond acceptors (Lipinski definition) is 3. The highest BCUT2D eigenvalue weighted by Crippen LogP contribution is 2.18. The molecule has 0 spiro atoms. The zero-order chi connectivity index (χ0) is 12.3. The van der Waals surface area contributed by atoms with Gasteiger partial charge in [0.1, 0.15) is 0 Å². The molecule has 0 aliphatic heterocycles. The summed E-state index contributed by atoms with van der Waals surface area (Å²) in [6.45, 7) is 7.80. The first-order valence-corrected chi connectivity index (χ1v) is 5.45. The Labute approximate surface area is 95.8 Å². The minimum Gasteiger partial charge on any atom is -0.319 e. The van der Waals surface area contributed by atoms with Crippen molar-refractivity contribution < 1.29 is 4.79 Å². The molecule has 16 heavy (non-hydrogen) atoms. The molecule has 90 valence electrons. The van der Waals surface area contributed by atoms with Crippen LogP contribution in [-0.2, 0) is 11.2 Å². The number of aromatic amines is 1. The lowest BCUT2D eigenvalue weighted by Crippen LogP contribution is -2.45. The molecule has 1 aromatic heterocycles. The van der Waals surface area contributed by atoms with Gasteiger partial charge in [-0.3, -0.25) is 9.89 Å². The molecule has 4 N–H and O–H groups in total. The van der Waals surface area contributed by atoms with E-state index in [0.29, 0.717) is 5.82 Å². The average Bonchev–Trinajstić information content (AvgIpc) is 2.63. The van der Waals surface area contributed by atoms with Gasteiger partial charge in [-0.1, -0.05) is 27.7 Å². The van der Waals surface area contributed by atoms with Gasteiger partial charge in [0.05, 0.1) is 6.04 Å². The number of carbonyl (C=O) groups is 1. The van der Waals surface area contributed by atoms with Crippen LogP contribution in [-0.4, -0.2) is 22.1 Å². The molecule has 0 saturated heterocycles. The average molecular weight is 224 g/mol. The number of carbonyl (C=O) groups excluding carboxylic acids is 1. The highest BCUT2D eigenvalue weighted by atomic mass is 16.2. The number of nitrogens with two attached hydrogens (primary N) is 1. The van der Waals surface area contributed by atoms with Crippen LogP contribution >= 0.6 is 0 Å². The maximum Gasteiger partial charge on any atom is 0.243 e. The van der Waals surface area contributed by atoms with Crippen molar-refractivity contribution >= 4 is 11.7 Å². The molecule has 1 atom stereocenters. The van der Waals surface area contributed by atoms with Crippen LogP contribution in [0.5, 0.6) is 0 Å². The number of rotatable bonds is 3. The topological polar surface area (TPSA) is 83.8 Å². The van der Waals surface area contributed by atoms with Gasteiger partial charge >= 0.3 is 0 Å². The fourth-order valence-corrected chi connectivity index (χ4v) is 1.20. The highest BCUT2D eigenvalue weighted by Gasteiger charge is 2.27. The van der Waals surface area contributed by atoms with Crippen LogP contribution < -0.4 is 11.1 Å². The van der Waals surface area contributed by atoms with Gasteiger partial charge in [-0.2, -0.15) is 5.10 Å². The Balaban J connectivity index is 2.64. The Morgan fingerprint density at radius 2 is 2.25 bits per heavy atom. The molecule has 0 radical (unpaired) electrons. The number of amides is 1. The van der Waals surface area contributed by atoms with E-state index in [1.54, 1.807) is 0 Å². The molecule has 0 aromatic carbocycles. The highest BCUT2D eigenvalue weighted by molar-refractivity contribution is 5.94. The van der Waals surface area contributed by atoms with Gasteiger partial charge in [-0.25, -0.2) is 0 Å². The van der Waals surface area contributed by atoms with Crippen LogP contribution in [0.1, 0.15) is 33.4 Å². The summed E-state index contributed by atoms with van der Waals surface area (Å²) in [5, 5.41) is 9.51. The normalized spacial score (nSPS) is 13.6. The van der Waals surface area contributed by atoms with E-state index < -0.39 is 6.04 Å². The largest absolute Gasteiger partial charge is 0.319 e. The lowest BCUT2D eigenvalue weighted by Gasteiger charge is -2.25. The second-order valence-corrected chi connectivity index (χ2v) is 4.96. The van der Waals surface area contributed by atoms with E-state index in [9.17, 15) is 4.79 Å². The summed E-state index contributed by atoms with van der Waals surface area (Å²) in [4.78, 5) is 11.8. The summed E-state index contributed by atoms with van der Waals surface area (Å²) in [5.41, 5.74) is 6.56. The second kappa shape index (κ2) is 4.65. The maximum absolute atomic E-state index is 11.8. The van der Waals surface area contributed by atoms with Crippen molar-refractivity contribution in [3.8, 4) is 0 Å². The van der Waals surface area contributed by atoms with Gasteiger partial charge in [-0.15, -0.1) is 0 Å². The van der Waals surface area contributed by atoms with E-state index in [2.05, 4.69) is 15.5 Å². The van der Waals surface area contributed by atoms with Crippen molar-refractivity contribution in [1.29, 1.82) is 0 Å².